The number of thioether (sulfide) groups is 1. The Balaban J connectivity index is 1.95. The van der Waals surface area contributed by atoms with Crippen LogP contribution in [-0.4, -0.2) is 41.9 Å². The highest BCUT2D eigenvalue weighted by molar-refractivity contribution is 7.98. The number of pyridine rings is 1. The molecule has 0 fully saturated rings. The Bertz CT molecular complexity index is 1570. The third-order valence-corrected chi connectivity index (χ3v) is 7.37. The summed E-state index contributed by atoms with van der Waals surface area (Å²) in [4.78, 5) is 4.17. The van der Waals surface area contributed by atoms with Crippen molar-refractivity contribution in [2.45, 2.75) is 16.8 Å². The molecule has 0 atom stereocenters. The smallest absolute Gasteiger partial charge is 0.179 e. The molecule has 0 unspecified atom stereocenters. The molecule has 0 amide bonds. The van der Waals surface area contributed by atoms with Crippen LogP contribution in [0.25, 0.3) is 21.8 Å². The van der Waals surface area contributed by atoms with Gasteiger partial charge < -0.3 is 10.4 Å². The summed E-state index contributed by atoms with van der Waals surface area (Å²) in [5, 5.41) is 34.4. The SMILES string of the molecule is CCNc1cccc2c(O)c(S(C)(=O)=O)cc(/N=N/c3snc4nc(SC)c(C#N)cc34)c12. The van der Waals surface area contributed by atoms with Crippen molar-refractivity contribution in [2.24, 2.45) is 10.2 Å². The zero-order valence-electron chi connectivity index (χ0n) is 17.8. The fraction of sp³-hybridized carbons (Fsp3) is 0.190. The number of phenolic OH excluding ortho intramolecular Hbond substituents is 1. The lowest BCUT2D eigenvalue weighted by atomic mass is 10.1. The largest absolute Gasteiger partial charge is 0.506 e. The molecule has 0 bridgehead atoms. The summed E-state index contributed by atoms with van der Waals surface area (Å²) in [6.07, 6.45) is 2.86. The molecule has 12 heteroatoms. The van der Waals surface area contributed by atoms with Crippen molar-refractivity contribution in [3.8, 4) is 11.8 Å². The first-order chi connectivity index (χ1) is 15.8. The maximum absolute atomic E-state index is 12.3. The average molecular weight is 499 g/mol. The number of nitrogens with one attached hydrogen (secondary N) is 1. The molecule has 4 aromatic rings. The molecule has 2 heterocycles. The van der Waals surface area contributed by atoms with Crippen LogP contribution in [0.2, 0.25) is 0 Å². The maximum atomic E-state index is 12.3. The molecule has 0 saturated carbocycles. The van der Waals surface area contributed by atoms with Gasteiger partial charge in [-0.15, -0.1) is 22.0 Å². The van der Waals surface area contributed by atoms with Gasteiger partial charge in [0.15, 0.2) is 20.5 Å². The number of anilines is 1. The third-order valence-electron chi connectivity index (χ3n) is 4.82. The molecule has 0 aliphatic heterocycles. The topological polar surface area (TPSA) is 141 Å². The predicted octanol–water partition coefficient (Wildman–Crippen LogP) is 5.39. The molecule has 4 rings (SSSR count). The number of benzene rings is 2. The molecular formula is C21H18N6O3S3. The molecule has 0 saturated heterocycles. The van der Waals surface area contributed by atoms with Gasteiger partial charge in [-0.3, -0.25) is 0 Å². The van der Waals surface area contributed by atoms with Crippen molar-refractivity contribution in [3.05, 3.63) is 35.9 Å². The molecule has 0 aliphatic rings. The Labute approximate surface area is 198 Å². The number of phenols is 1. The lowest BCUT2D eigenvalue weighted by Crippen LogP contribution is -2.00. The number of fused-ring (bicyclic) bond motifs is 2. The van der Waals surface area contributed by atoms with Crippen molar-refractivity contribution < 1.29 is 13.5 Å². The Morgan fingerprint density at radius 1 is 1.27 bits per heavy atom. The van der Waals surface area contributed by atoms with Gasteiger partial charge in [0.05, 0.1) is 16.6 Å². The number of aromatic nitrogens is 2. The molecule has 2 aromatic heterocycles. The van der Waals surface area contributed by atoms with Crippen molar-refractivity contribution in [2.75, 3.05) is 24.4 Å². The number of azo groups is 1. The third kappa shape index (κ3) is 4.22. The van der Waals surface area contributed by atoms with Crippen molar-refractivity contribution in [3.63, 3.8) is 0 Å². The molecule has 0 radical (unpaired) electrons. The number of rotatable bonds is 6. The van der Waals surface area contributed by atoms with Gasteiger partial charge in [0, 0.05) is 29.3 Å². The molecule has 9 nitrogen and oxygen atoms in total. The molecule has 0 spiro atoms. The molecule has 168 valence electrons. The standard InChI is InChI=1S/C21H18N6O3S3/c1-4-23-14-7-5-6-12-17(14)15(9-16(18(12)28)33(3,29)30)25-26-21-13-8-11(10-22)20(31-2)24-19(13)27-32-21/h5-9,23,28H,4H2,1-3H3/b26-25+. The highest BCUT2D eigenvalue weighted by Crippen LogP contribution is 2.43. The van der Waals surface area contributed by atoms with Gasteiger partial charge in [0.25, 0.3) is 0 Å². The van der Waals surface area contributed by atoms with Crippen molar-refractivity contribution in [1.29, 1.82) is 5.26 Å². The van der Waals surface area contributed by atoms with E-state index in [4.69, 9.17) is 0 Å². The van der Waals surface area contributed by atoms with E-state index in [-0.39, 0.29) is 16.3 Å². The minimum Gasteiger partial charge on any atom is -0.506 e. The van der Waals surface area contributed by atoms with Crippen molar-refractivity contribution >= 4 is 71.3 Å². The van der Waals surface area contributed by atoms with Gasteiger partial charge in [0.1, 0.15) is 21.7 Å². The van der Waals surface area contributed by atoms with Gasteiger partial charge in [0.2, 0.25) is 0 Å². The first-order valence-electron chi connectivity index (χ1n) is 9.67. The van der Waals surface area contributed by atoms with Crippen LogP contribution in [-0.2, 0) is 9.84 Å². The average Bonchev–Trinajstić information content (AvgIpc) is 3.19. The van der Waals surface area contributed by atoms with Crippen molar-refractivity contribution in [1.82, 2.24) is 9.36 Å². The van der Waals surface area contributed by atoms with E-state index < -0.39 is 9.84 Å². The van der Waals surface area contributed by atoms with Crippen LogP contribution in [0.15, 0.2) is 50.5 Å². The fourth-order valence-corrected chi connectivity index (χ4v) is 5.31. The minimum absolute atomic E-state index is 0.232. The summed E-state index contributed by atoms with van der Waals surface area (Å²) in [6.45, 7) is 2.54. The maximum Gasteiger partial charge on any atom is 0.179 e. The molecule has 33 heavy (non-hydrogen) atoms. The van der Waals surface area contributed by atoms with Gasteiger partial charge >= 0.3 is 0 Å². The number of hydrogen-bond donors (Lipinski definition) is 2. The van der Waals surface area contributed by atoms with Crippen LogP contribution in [0.1, 0.15) is 12.5 Å². The fourth-order valence-electron chi connectivity index (χ4n) is 3.38. The number of nitriles is 1. The monoisotopic (exact) mass is 498 g/mol. The molecule has 0 aliphatic carbocycles. The van der Waals surface area contributed by atoms with Crippen LogP contribution in [0.3, 0.4) is 0 Å². The Morgan fingerprint density at radius 3 is 2.73 bits per heavy atom. The van der Waals surface area contributed by atoms with E-state index in [1.807, 2.05) is 19.2 Å². The first-order valence-corrected chi connectivity index (χ1v) is 13.6. The van der Waals surface area contributed by atoms with Crippen LogP contribution < -0.4 is 5.32 Å². The van der Waals surface area contributed by atoms with Gasteiger partial charge in [-0.1, -0.05) is 12.1 Å². The normalized spacial score (nSPS) is 11.9. The van der Waals surface area contributed by atoms with E-state index in [0.717, 1.165) is 17.8 Å². The second kappa shape index (κ2) is 8.93. The Hall–Kier alpha value is -3.27. The van der Waals surface area contributed by atoms with Gasteiger partial charge in [-0.25, -0.2) is 13.4 Å². The summed E-state index contributed by atoms with van der Waals surface area (Å²) in [5.74, 6) is -0.332. The molecule has 2 N–H and O–H groups in total. The Morgan fingerprint density at radius 2 is 2.06 bits per heavy atom. The van der Waals surface area contributed by atoms with Crippen LogP contribution >= 0.6 is 23.3 Å². The number of hydrogen-bond acceptors (Lipinski definition) is 11. The lowest BCUT2D eigenvalue weighted by Gasteiger charge is -2.13. The molecule has 2 aromatic carbocycles. The van der Waals surface area contributed by atoms with Crippen LogP contribution in [0.5, 0.6) is 5.75 Å². The van der Waals surface area contributed by atoms with Gasteiger partial charge in [-0.2, -0.15) is 9.64 Å². The second-order valence-corrected chi connectivity index (χ2v) is 10.5. The highest BCUT2D eigenvalue weighted by atomic mass is 32.2. The first kappa shape index (κ1) is 22.9. The van der Waals surface area contributed by atoms with E-state index in [2.05, 4.69) is 31.0 Å². The second-order valence-electron chi connectivity index (χ2n) is 6.99. The molecular weight excluding hydrogens is 480 g/mol. The van der Waals surface area contributed by atoms with E-state index >= 15 is 0 Å². The quantitative estimate of drug-likeness (QED) is 0.266. The number of sulfone groups is 1. The van der Waals surface area contributed by atoms with E-state index in [9.17, 15) is 18.8 Å². The summed E-state index contributed by atoms with van der Waals surface area (Å²) < 4.78 is 28.9. The number of nitrogens with zero attached hydrogens (tertiary/aromatic N) is 5. The number of aromatic hydroxyl groups is 1. The highest BCUT2D eigenvalue weighted by Gasteiger charge is 2.21. The summed E-state index contributed by atoms with van der Waals surface area (Å²) in [6, 6.07) is 10.3. The lowest BCUT2D eigenvalue weighted by molar-refractivity contribution is 0.466. The zero-order chi connectivity index (χ0) is 23.8. The zero-order valence-corrected chi connectivity index (χ0v) is 20.3. The summed E-state index contributed by atoms with van der Waals surface area (Å²) in [7, 11) is -3.73. The summed E-state index contributed by atoms with van der Waals surface area (Å²) in [5.41, 5.74) is 1.83. The predicted molar refractivity (Wildman–Crippen MR) is 131 cm³/mol. The van der Waals surface area contributed by atoms with E-state index in [0.29, 0.717) is 49.6 Å². The van der Waals surface area contributed by atoms with E-state index in [1.165, 1.54) is 17.8 Å². The van der Waals surface area contributed by atoms with Gasteiger partial charge in [-0.05, 0) is 42.9 Å². The van der Waals surface area contributed by atoms with Crippen LogP contribution in [0.4, 0.5) is 16.4 Å². The van der Waals surface area contributed by atoms with Crippen LogP contribution in [0, 0.1) is 11.3 Å². The minimum atomic E-state index is -3.73. The van der Waals surface area contributed by atoms with E-state index in [1.54, 1.807) is 18.2 Å². The Kier molecular flexibility index (Phi) is 6.20. The summed E-state index contributed by atoms with van der Waals surface area (Å²) >= 11 is 2.43.